The summed E-state index contributed by atoms with van der Waals surface area (Å²) in [6.07, 6.45) is 0.882. The molecule has 1 heterocycles. The van der Waals surface area contributed by atoms with Crippen LogP contribution < -0.4 is 0 Å². The van der Waals surface area contributed by atoms with Crippen LogP contribution in [0.4, 0.5) is 0 Å². The highest BCUT2D eigenvalue weighted by Gasteiger charge is 2.34. The summed E-state index contributed by atoms with van der Waals surface area (Å²) in [7, 11) is 0. The van der Waals surface area contributed by atoms with Crippen molar-refractivity contribution in [3.63, 3.8) is 0 Å². The van der Waals surface area contributed by atoms with Crippen molar-refractivity contribution in [3.05, 3.63) is 0 Å². The van der Waals surface area contributed by atoms with Gasteiger partial charge >= 0.3 is 0 Å². The van der Waals surface area contributed by atoms with Crippen molar-refractivity contribution in [1.82, 2.24) is 4.90 Å². The molecule has 1 amide bonds. The number of aliphatic hydroxyl groups excluding tert-OH is 1. The lowest BCUT2D eigenvalue weighted by atomic mass is 10.0. The Morgan fingerprint density at radius 3 is 2.77 bits per heavy atom. The fraction of sp³-hybridized carbons (Fsp3) is 0.889. The summed E-state index contributed by atoms with van der Waals surface area (Å²) in [4.78, 5) is 13.3. The van der Waals surface area contributed by atoms with Crippen molar-refractivity contribution >= 4 is 17.5 Å². The molecule has 0 bridgehead atoms. The largest absolute Gasteiger partial charge is 0.396 e. The van der Waals surface area contributed by atoms with E-state index in [1.807, 2.05) is 6.92 Å². The van der Waals surface area contributed by atoms with E-state index < -0.39 is 5.38 Å². The Hall–Kier alpha value is -0.280. The number of hydrogen-bond acceptors (Lipinski definition) is 2. The maximum Gasteiger partial charge on any atom is 0.240 e. The molecule has 1 aliphatic rings. The molecule has 1 rings (SSSR count). The highest BCUT2D eigenvalue weighted by molar-refractivity contribution is 6.30. The van der Waals surface area contributed by atoms with Gasteiger partial charge in [-0.25, -0.2) is 0 Å². The number of rotatable bonds is 2. The normalized spacial score (nSPS) is 30.6. The second-order valence-corrected chi connectivity index (χ2v) is 4.27. The summed E-state index contributed by atoms with van der Waals surface area (Å²) in [5.74, 6) is 0.199. The van der Waals surface area contributed by atoms with Crippen molar-refractivity contribution < 1.29 is 9.90 Å². The van der Waals surface area contributed by atoms with Gasteiger partial charge in [-0.2, -0.15) is 0 Å². The molecule has 0 spiro atoms. The van der Waals surface area contributed by atoms with E-state index >= 15 is 0 Å². The van der Waals surface area contributed by atoms with Crippen LogP contribution in [0.3, 0.4) is 0 Å². The predicted octanol–water partition coefficient (Wildman–Crippen LogP) is 0.843. The van der Waals surface area contributed by atoms with Crippen molar-refractivity contribution in [2.75, 3.05) is 13.2 Å². The van der Waals surface area contributed by atoms with Crippen LogP contribution >= 0.6 is 11.6 Å². The van der Waals surface area contributed by atoms with Gasteiger partial charge in [0.25, 0.3) is 0 Å². The lowest BCUT2D eigenvalue weighted by molar-refractivity contribution is -0.131. The Labute approximate surface area is 83.7 Å². The van der Waals surface area contributed by atoms with Gasteiger partial charge in [0.1, 0.15) is 5.38 Å². The lowest BCUT2D eigenvalue weighted by Crippen LogP contribution is -2.40. The van der Waals surface area contributed by atoms with Gasteiger partial charge in [0, 0.05) is 25.1 Å². The first kappa shape index (κ1) is 10.8. The highest BCUT2D eigenvalue weighted by Crippen LogP contribution is 2.24. The number of carbonyl (C=O) groups is 1. The Morgan fingerprint density at radius 1 is 1.77 bits per heavy atom. The van der Waals surface area contributed by atoms with Gasteiger partial charge in [-0.15, -0.1) is 11.6 Å². The molecule has 76 valence electrons. The summed E-state index contributed by atoms with van der Waals surface area (Å²) in [6, 6.07) is 0.124. The molecule has 0 aromatic rings. The molecule has 1 aliphatic heterocycles. The standard InChI is InChI=1S/C9H16ClNO2/c1-6(10)9(13)11-4-3-8(5-12)7(11)2/h6-8,12H,3-5H2,1-2H3. The average Bonchev–Trinajstić information content (AvgIpc) is 2.45. The smallest absolute Gasteiger partial charge is 0.240 e. The number of carbonyl (C=O) groups excluding carboxylic acids is 1. The topological polar surface area (TPSA) is 40.5 Å². The third-order valence-electron chi connectivity index (χ3n) is 2.77. The number of likely N-dealkylation sites (tertiary alicyclic amines) is 1. The van der Waals surface area contributed by atoms with Crippen molar-refractivity contribution in [2.45, 2.75) is 31.7 Å². The number of amides is 1. The molecular weight excluding hydrogens is 190 g/mol. The van der Waals surface area contributed by atoms with Crippen LogP contribution in [-0.4, -0.2) is 40.5 Å². The van der Waals surface area contributed by atoms with Crippen molar-refractivity contribution in [3.8, 4) is 0 Å². The van der Waals surface area contributed by atoms with Gasteiger partial charge in [-0.1, -0.05) is 0 Å². The molecule has 3 atom stereocenters. The molecule has 1 N–H and O–H groups in total. The fourth-order valence-corrected chi connectivity index (χ4v) is 1.91. The maximum absolute atomic E-state index is 11.5. The summed E-state index contributed by atoms with van der Waals surface area (Å²) in [6.45, 7) is 4.53. The van der Waals surface area contributed by atoms with E-state index in [0.717, 1.165) is 13.0 Å². The van der Waals surface area contributed by atoms with E-state index in [1.165, 1.54) is 0 Å². The van der Waals surface area contributed by atoms with Crippen LogP contribution in [0.5, 0.6) is 0 Å². The van der Waals surface area contributed by atoms with E-state index in [-0.39, 0.29) is 24.5 Å². The Bertz CT molecular complexity index is 196. The van der Waals surface area contributed by atoms with Gasteiger partial charge in [0.15, 0.2) is 0 Å². The quantitative estimate of drug-likeness (QED) is 0.679. The maximum atomic E-state index is 11.5. The minimum absolute atomic E-state index is 0.0230. The zero-order valence-corrected chi connectivity index (χ0v) is 8.79. The first-order valence-corrected chi connectivity index (χ1v) is 5.07. The van der Waals surface area contributed by atoms with Gasteiger partial charge in [0.05, 0.1) is 0 Å². The van der Waals surface area contributed by atoms with Crippen molar-refractivity contribution in [1.29, 1.82) is 0 Å². The minimum Gasteiger partial charge on any atom is -0.396 e. The Morgan fingerprint density at radius 2 is 2.38 bits per heavy atom. The SMILES string of the molecule is CC(Cl)C(=O)N1CCC(CO)C1C. The molecule has 0 aliphatic carbocycles. The second kappa shape index (κ2) is 4.29. The third-order valence-corrected chi connectivity index (χ3v) is 2.96. The van der Waals surface area contributed by atoms with Crippen LogP contribution in [-0.2, 0) is 4.79 Å². The Balaban J connectivity index is 2.59. The first-order valence-electron chi connectivity index (χ1n) is 4.63. The van der Waals surface area contributed by atoms with Crippen LogP contribution in [0.1, 0.15) is 20.3 Å². The monoisotopic (exact) mass is 205 g/mol. The van der Waals surface area contributed by atoms with Crippen molar-refractivity contribution in [2.24, 2.45) is 5.92 Å². The third kappa shape index (κ3) is 2.15. The molecule has 3 nitrogen and oxygen atoms in total. The van der Waals surface area contributed by atoms with E-state index in [0.29, 0.717) is 0 Å². The highest BCUT2D eigenvalue weighted by atomic mass is 35.5. The summed E-state index contributed by atoms with van der Waals surface area (Å²) in [5.41, 5.74) is 0. The van der Waals surface area contributed by atoms with Gasteiger partial charge < -0.3 is 10.0 Å². The van der Waals surface area contributed by atoms with Crippen LogP contribution in [0.25, 0.3) is 0 Å². The van der Waals surface area contributed by atoms with Gasteiger partial charge in [-0.05, 0) is 20.3 Å². The van der Waals surface area contributed by atoms with E-state index in [4.69, 9.17) is 16.7 Å². The van der Waals surface area contributed by atoms with Gasteiger partial charge in [-0.3, -0.25) is 4.79 Å². The number of alkyl halides is 1. The molecule has 0 aromatic heterocycles. The second-order valence-electron chi connectivity index (χ2n) is 3.62. The van der Waals surface area contributed by atoms with Crippen LogP contribution in [0.15, 0.2) is 0 Å². The first-order chi connectivity index (χ1) is 6.07. The summed E-state index contributed by atoms with van der Waals surface area (Å²) >= 11 is 5.71. The summed E-state index contributed by atoms with van der Waals surface area (Å²) < 4.78 is 0. The minimum atomic E-state index is -0.458. The van der Waals surface area contributed by atoms with E-state index in [2.05, 4.69) is 0 Å². The Kier molecular flexibility index (Phi) is 3.56. The van der Waals surface area contributed by atoms with Crippen LogP contribution in [0.2, 0.25) is 0 Å². The molecule has 1 saturated heterocycles. The zero-order chi connectivity index (χ0) is 10.0. The molecule has 3 unspecified atom stereocenters. The van der Waals surface area contributed by atoms with E-state index in [9.17, 15) is 4.79 Å². The fourth-order valence-electron chi connectivity index (χ4n) is 1.79. The van der Waals surface area contributed by atoms with Gasteiger partial charge in [0.2, 0.25) is 5.91 Å². The average molecular weight is 206 g/mol. The number of hydrogen-bond donors (Lipinski definition) is 1. The lowest BCUT2D eigenvalue weighted by Gasteiger charge is -2.24. The molecular formula is C9H16ClNO2. The molecule has 4 heteroatoms. The predicted molar refractivity (Wildman–Crippen MR) is 51.7 cm³/mol. The molecule has 1 fully saturated rings. The summed E-state index contributed by atoms with van der Waals surface area (Å²) in [5, 5.41) is 8.55. The molecule has 13 heavy (non-hydrogen) atoms. The van der Waals surface area contributed by atoms with Crippen LogP contribution in [0, 0.1) is 5.92 Å². The molecule has 0 saturated carbocycles. The molecule has 0 aromatic carbocycles. The number of nitrogens with zero attached hydrogens (tertiary/aromatic N) is 1. The number of aliphatic hydroxyl groups is 1. The molecule has 0 radical (unpaired) electrons. The number of halogens is 1. The zero-order valence-electron chi connectivity index (χ0n) is 8.03. The van der Waals surface area contributed by atoms with E-state index in [1.54, 1.807) is 11.8 Å².